The number of nitrogens with two attached hydrogens (primary N) is 1. The Morgan fingerprint density at radius 3 is 2.71 bits per heavy atom. The van der Waals surface area contributed by atoms with E-state index in [2.05, 4.69) is 15.2 Å². The Balaban J connectivity index is 1.61. The largest absolute Gasteiger partial charge is 0.484 e. The van der Waals surface area contributed by atoms with Gasteiger partial charge in [-0.2, -0.15) is 18.3 Å². The van der Waals surface area contributed by atoms with Gasteiger partial charge < -0.3 is 15.4 Å². The fourth-order valence-corrected chi connectivity index (χ4v) is 3.76. The highest BCUT2D eigenvalue weighted by Gasteiger charge is 2.37. The standard InChI is InChI=1S/C20H19F4N5O2/c21-11-4-6-12(7-5-11)31-10-16(30)29-8-2-1-3-15(29)14-9-13(20(22,23)24)17-18(25)27-28-19(17)26-14/h4-7,9,15H,1-3,8,10H2,(H3,25,26,27,28)/t15-/m0/s1. The number of benzene rings is 1. The Kier molecular flexibility index (Phi) is 5.42. The quantitative estimate of drug-likeness (QED) is 0.605. The fraction of sp³-hybridized carbons (Fsp3) is 0.350. The molecule has 0 spiro atoms. The number of likely N-dealkylation sites (tertiary alicyclic amines) is 1. The molecule has 164 valence electrons. The molecule has 0 saturated carbocycles. The van der Waals surface area contributed by atoms with E-state index < -0.39 is 29.5 Å². The molecule has 1 aliphatic heterocycles. The van der Waals surface area contributed by atoms with Crippen molar-refractivity contribution < 1.29 is 27.1 Å². The van der Waals surface area contributed by atoms with Gasteiger partial charge in [-0.15, -0.1) is 0 Å². The van der Waals surface area contributed by atoms with Crippen molar-refractivity contribution in [1.29, 1.82) is 0 Å². The first-order chi connectivity index (χ1) is 14.7. The minimum atomic E-state index is -4.66. The van der Waals surface area contributed by atoms with Crippen LogP contribution in [-0.2, 0) is 11.0 Å². The van der Waals surface area contributed by atoms with Crippen LogP contribution < -0.4 is 10.5 Å². The number of nitrogens with zero attached hydrogens (tertiary/aromatic N) is 3. The molecule has 7 nitrogen and oxygen atoms in total. The Morgan fingerprint density at radius 1 is 1.26 bits per heavy atom. The zero-order chi connectivity index (χ0) is 22.2. The molecular weight excluding hydrogens is 418 g/mol. The van der Waals surface area contributed by atoms with E-state index in [9.17, 15) is 22.4 Å². The highest BCUT2D eigenvalue weighted by Crippen LogP contribution is 2.39. The summed E-state index contributed by atoms with van der Waals surface area (Å²) in [5.74, 6) is -0.735. The van der Waals surface area contributed by atoms with Crippen molar-refractivity contribution in [3.05, 3.63) is 47.4 Å². The van der Waals surface area contributed by atoms with Crippen molar-refractivity contribution in [2.45, 2.75) is 31.5 Å². The highest BCUT2D eigenvalue weighted by molar-refractivity contribution is 5.90. The Morgan fingerprint density at radius 2 is 2.00 bits per heavy atom. The predicted octanol–water partition coefficient (Wildman–Crippen LogP) is 3.83. The van der Waals surface area contributed by atoms with Crippen LogP contribution in [0.15, 0.2) is 30.3 Å². The van der Waals surface area contributed by atoms with Crippen molar-refractivity contribution in [3.8, 4) is 5.75 Å². The summed E-state index contributed by atoms with van der Waals surface area (Å²) in [5.41, 5.74) is 4.62. The first-order valence-electron chi connectivity index (χ1n) is 9.63. The van der Waals surface area contributed by atoms with Crippen LogP contribution in [0.25, 0.3) is 11.0 Å². The number of fused-ring (bicyclic) bond motifs is 1. The van der Waals surface area contributed by atoms with Crippen molar-refractivity contribution in [2.24, 2.45) is 0 Å². The van der Waals surface area contributed by atoms with Crippen molar-refractivity contribution in [3.63, 3.8) is 0 Å². The molecule has 1 aromatic carbocycles. The molecule has 2 aromatic heterocycles. The Labute approximate surface area is 174 Å². The molecule has 4 rings (SSSR count). The van der Waals surface area contributed by atoms with Crippen molar-refractivity contribution in [2.75, 3.05) is 18.9 Å². The lowest BCUT2D eigenvalue weighted by molar-refractivity contribution is -0.137. The lowest BCUT2D eigenvalue weighted by Gasteiger charge is -2.35. The maximum Gasteiger partial charge on any atom is 0.417 e. The molecule has 0 aliphatic carbocycles. The monoisotopic (exact) mass is 437 g/mol. The average molecular weight is 437 g/mol. The van der Waals surface area contributed by atoms with Gasteiger partial charge in [0.25, 0.3) is 5.91 Å². The van der Waals surface area contributed by atoms with Gasteiger partial charge in [0.15, 0.2) is 12.3 Å². The van der Waals surface area contributed by atoms with Crippen LogP contribution in [0.4, 0.5) is 23.4 Å². The molecule has 0 unspecified atom stereocenters. The number of carbonyl (C=O) groups excluding carboxylic acids is 1. The molecule has 1 aliphatic rings. The Bertz CT molecular complexity index is 1100. The molecular formula is C20H19F4N5O2. The van der Waals surface area contributed by atoms with Gasteiger partial charge in [-0.3, -0.25) is 9.89 Å². The molecule has 0 bridgehead atoms. The summed E-state index contributed by atoms with van der Waals surface area (Å²) >= 11 is 0. The van der Waals surface area contributed by atoms with E-state index in [1.165, 1.54) is 29.2 Å². The smallest absolute Gasteiger partial charge is 0.417 e. The predicted molar refractivity (Wildman–Crippen MR) is 104 cm³/mol. The number of piperidine rings is 1. The van der Waals surface area contributed by atoms with Gasteiger partial charge in [0, 0.05) is 6.54 Å². The van der Waals surface area contributed by atoms with Crippen LogP contribution in [-0.4, -0.2) is 39.1 Å². The number of amides is 1. The molecule has 3 N–H and O–H groups in total. The van der Waals surface area contributed by atoms with Crippen LogP contribution in [0.5, 0.6) is 5.75 Å². The third kappa shape index (κ3) is 4.25. The number of aromatic nitrogens is 3. The second-order valence-electron chi connectivity index (χ2n) is 7.27. The van der Waals surface area contributed by atoms with E-state index in [1.54, 1.807) is 0 Å². The zero-order valence-electron chi connectivity index (χ0n) is 16.2. The number of hydrogen-bond acceptors (Lipinski definition) is 5. The number of H-pyrrole nitrogens is 1. The first-order valence-corrected chi connectivity index (χ1v) is 9.63. The number of anilines is 1. The van der Waals surface area contributed by atoms with Gasteiger partial charge in [0.2, 0.25) is 0 Å². The number of alkyl halides is 3. The molecule has 3 heterocycles. The fourth-order valence-electron chi connectivity index (χ4n) is 3.76. The van der Waals surface area contributed by atoms with E-state index in [0.717, 1.165) is 12.5 Å². The summed E-state index contributed by atoms with van der Waals surface area (Å²) < 4.78 is 59.4. The summed E-state index contributed by atoms with van der Waals surface area (Å²) in [7, 11) is 0. The third-order valence-electron chi connectivity index (χ3n) is 5.22. The summed E-state index contributed by atoms with van der Waals surface area (Å²) in [5, 5.41) is 5.83. The number of ether oxygens (including phenoxy) is 1. The zero-order valence-corrected chi connectivity index (χ0v) is 16.2. The topological polar surface area (TPSA) is 97.1 Å². The molecule has 1 atom stereocenters. The molecule has 3 aromatic rings. The van der Waals surface area contributed by atoms with Crippen LogP contribution in [0, 0.1) is 5.82 Å². The number of nitrogens with one attached hydrogen (secondary N) is 1. The second-order valence-corrected chi connectivity index (χ2v) is 7.27. The van der Waals surface area contributed by atoms with E-state index in [4.69, 9.17) is 10.5 Å². The lowest BCUT2D eigenvalue weighted by Crippen LogP contribution is -2.41. The van der Waals surface area contributed by atoms with Gasteiger partial charge in [0.1, 0.15) is 17.4 Å². The summed E-state index contributed by atoms with van der Waals surface area (Å²) in [6.45, 7) is 0.0336. The molecule has 31 heavy (non-hydrogen) atoms. The third-order valence-corrected chi connectivity index (χ3v) is 5.22. The van der Waals surface area contributed by atoms with E-state index in [-0.39, 0.29) is 29.2 Å². The molecule has 0 radical (unpaired) electrons. The van der Waals surface area contributed by atoms with Crippen LogP contribution in [0.1, 0.15) is 36.6 Å². The molecule has 1 amide bonds. The number of hydrogen-bond donors (Lipinski definition) is 2. The van der Waals surface area contributed by atoms with Crippen LogP contribution >= 0.6 is 0 Å². The van der Waals surface area contributed by atoms with Gasteiger partial charge in [0.05, 0.1) is 22.7 Å². The van der Waals surface area contributed by atoms with E-state index >= 15 is 0 Å². The first kappa shape index (κ1) is 20.9. The van der Waals surface area contributed by atoms with Crippen LogP contribution in [0.3, 0.4) is 0 Å². The number of nitrogen functional groups attached to an aromatic ring is 1. The maximum absolute atomic E-state index is 13.7. The lowest BCUT2D eigenvalue weighted by atomic mass is 9.97. The summed E-state index contributed by atoms with van der Waals surface area (Å²) in [6.07, 6.45) is -2.76. The van der Waals surface area contributed by atoms with Crippen LogP contribution in [0.2, 0.25) is 0 Å². The summed E-state index contributed by atoms with van der Waals surface area (Å²) in [6, 6.07) is 5.48. The SMILES string of the molecule is Nc1[nH]nc2nc([C@@H]3CCCCN3C(=O)COc3ccc(F)cc3)cc(C(F)(F)F)c12. The van der Waals surface area contributed by atoms with Gasteiger partial charge in [-0.25, -0.2) is 9.37 Å². The maximum atomic E-state index is 13.7. The highest BCUT2D eigenvalue weighted by atomic mass is 19.4. The number of carbonyl (C=O) groups is 1. The van der Waals surface area contributed by atoms with Crippen molar-refractivity contribution >= 4 is 22.8 Å². The van der Waals surface area contributed by atoms with E-state index in [0.29, 0.717) is 25.1 Å². The van der Waals surface area contributed by atoms with Gasteiger partial charge in [-0.1, -0.05) is 0 Å². The van der Waals surface area contributed by atoms with Gasteiger partial charge in [-0.05, 0) is 49.6 Å². The second kappa shape index (κ2) is 8.05. The average Bonchev–Trinajstić information content (AvgIpc) is 3.12. The van der Waals surface area contributed by atoms with Crippen molar-refractivity contribution in [1.82, 2.24) is 20.1 Å². The number of aromatic amines is 1. The van der Waals surface area contributed by atoms with E-state index in [1.807, 2.05) is 0 Å². The minimum Gasteiger partial charge on any atom is -0.484 e. The number of pyridine rings is 1. The molecule has 11 heteroatoms. The minimum absolute atomic E-state index is 0.0983. The van der Waals surface area contributed by atoms with Gasteiger partial charge >= 0.3 is 6.18 Å². The number of rotatable bonds is 4. The molecule has 1 saturated heterocycles. The Hall–Kier alpha value is -3.37. The normalized spacial score (nSPS) is 17.2. The molecule has 1 fully saturated rings. The summed E-state index contributed by atoms with van der Waals surface area (Å²) in [4.78, 5) is 18.5. The number of halogens is 4.